The number of hydrogen-bond donors (Lipinski definition) is 0. The van der Waals surface area contributed by atoms with Gasteiger partial charge in [0.15, 0.2) is 6.61 Å². The largest absolute Gasteiger partial charge is 0.453 e. The molecule has 0 saturated carbocycles. The van der Waals surface area contributed by atoms with E-state index in [1.807, 2.05) is 0 Å². The Labute approximate surface area is 86.9 Å². The highest BCUT2D eigenvalue weighted by atomic mass is 19.4. The van der Waals surface area contributed by atoms with Crippen LogP contribution in [0.25, 0.3) is 0 Å². The number of carbonyl (C=O) groups is 1. The van der Waals surface area contributed by atoms with Crippen LogP contribution in [0, 0.1) is 0 Å². The predicted octanol–water partition coefficient (Wildman–Crippen LogP) is 2.99. The minimum absolute atomic E-state index is 0.637. The minimum atomic E-state index is -4.71. The third-order valence-electron chi connectivity index (χ3n) is 1.37. The van der Waals surface area contributed by atoms with Gasteiger partial charge in [0.25, 0.3) is 0 Å². The fraction of sp³-hybridized carbons (Fsp3) is 0.625. The van der Waals surface area contributed by atoms with Gasteiger partial charge < -0.3 is 4.74 Å². The van der Waals surface area contributed by atoms with Crippen molar-refractivity contribution in [2.45, 2.75) is 25.2 Å². The Morgan fingerprint density at radius 3 is 1.94 bits per heavy atom. The van der Waals surface area contributed by atoms with Crippen molar-refractivity contribution >= 4 is 5.97 Å². The average Bonchev–Trinajstić information content (AvgIpc) is 2.07. The third-order valence-corrected chi connectivity index (χ3v) is 1.37. The average molecular weight is 250 g/mol. The van der Waals surface area contributed by atoms with E-state index in [2.05, 4.69) is 11.3 Å². The summed E-state index contributed by atoms with van der Waals surface area (Å²) in [5.74, 6) is -1.47. The zero-order chi connectivity index (χ0) is 13.0. The van der Waals surface area contributed by atoms with Gasteiger partial charge in [-0.2, -0.15) is 26.3 Å². The van der Waals surface area contributed by atoms with Crippen molar-refractivity contribution in [2.24, 2.45) is 0 Å². The van der Waals surface area contributed by atoms with Gasteiger partial charge in [-0.3, -0.25) is 0 Å². The third kappa shape index (κ3) is 8.13. The Kier molecular flexibility index (Phi) is 4.82. The molecule has 0 radical (unpaired) electrons. The zero-order valence-corrected chi connectivity index (χ0v) is 7.91. The summed E-state index contributed by atoms with van der Waals surface area (Å²) in [5.41, 5.74) is -0.637. The van der Waals surface area contributed by atoms with E-state index in [0.29, 0.717) is 0 Å². The predicted molar refractivity (Wildman–Crippen MR) is 41.4 cm³/mol. The Balaban J connectivity index is 3.97. The molecule has 2 nitrogen and oxygen atoms in total. The van der Waals surface area contributed by atoms with Gasteiger partial charge in [0.2, 0.25) is 0 Å². The van der Waals surface area contributed by atoms with Crippen molar-refractivity contribution in [1.82, 2.24) is 0 Å². The first-order chi connectivity index (χ1) is 7.01. The van der Waals surface area contributed by atoms with E-state index in [9.17, 15) is 31.1 Å². The van der Waals surface area contributed by atoms with Crippen molar-refractivity contribution in [1.29, 1.82) is 0 Å². The fourth-order valence-corrected chi connectivity index (χ4v) is 0.644. The van der Waals surface area contributed by atoms with Crippen LogP contribution in [0.3, 0.4) is 0 Å². The van der Waals surface area contributed by atoms with Gasteiger partial charge >= 0.3 is 18.3 Å². The first-order valence-electron chi connectivity index (χ1n) is 4.00. The van der Waals surface area contributed by atoms with Crippen LogP contribution in [0.5, 0.6) is 0 Å². The molecule has 0 amide bonds. The molecule has 0 bridgehead atoms. The maximum absolute atomic E-state index is 11.7. The molecule has 0 aliphatic rings. The Morgan fingerprint density at radius 1 is 1.06 bits per heavy atom. The van der Waals surface area contributed by atoms with Gasteiger partial charge in [0, 0.05) is 12.0 Å². The van der Waals surface area contributed by atoms with E-state index >= 15 is 0 Å². The highest BCUT2D eigenvalue weighted by molar-refractivity contribution is 5.87. The first kappa shape index (κ1) is 14.8. The number of rotatable bonds is 4. The van der Waals surface area contributed by atoms with Crippen molar-refractivity contribution in [3.05, 3.63) is 12.2 Å². The smallest absolute Gasteiger partial charge is 0.422 e. The molecule has 0 saturated heterocycles. The van der Waals surface area contributed by atoms with Crippen molar-refractivity contribution in [3.63, 3.8) is 0 Å². The quantitative estimate of drug-likeness (QED) is 0.435. The highest BCUT2D eigenvalue weighted by Crippen LogP contribution is 2.24. The second-order valence-corrected chi connectivity index (χ2v) is 2.91. The van der Waals surface area contributed by atoms with Crippen LogP contribution < -0.4 is 0 Å². The summed E-state index contributed by atoms with van der Waals surface area (Å²) in [6.45, 7) is 1.08. The molecule has 0 heterocycles. The molecule has 8 heteroatoms. The maximum atomic E-state index is 11.7. The summed E-state index contributed by atoms with van der Waals surface area (Å²) in [4.78, 5) is 10.7. The van der Waals surface area contributed by atoms with Crippen LogP contribution in [-0.2, 0) is 9.53 Å². The second kappa shape index (κ2) is 5.22. The van der Waals surface area contributed by atoms with Gasteiger partial charge in [-0.05, 0) is 6.42 Å². The molecule has 0 atom stereocenters. The molecule has 0 N–H and O–H groups in total. The Bertz CT molecular complexity index is 237. The monoisotopic (exact) mass is 250 g/mol. The summed E-state index contributed by atoms with van der Waals surface area (Å²) < 4.78 is 73.4. The lowest BCUT2D eigenvalue weighted by molar-refractivity contribution is -0.183. The fourth-order valence-electron chi connectivity index (χ4n) is 0.644. The Morgan fingerprint density at radius 2 is 1.56 bits per heavy atom. The normalized spacial score (nSPS) is 12.4. The molecule has 0 rings (SSSR count). The molecule has 0 aromatic heterocycles. The van der Waals surface area contributed by atoms with Gasteiger partial charge in [0.05, 0.1) is 0 Å². The number of ether oxygens (including phenoxy) is 1. The molecule has 0 fully saturated rings. The van der Waals surface area contributed by atoms with Crippen LogP contribution in [-0.4, -0.2) is 24.9 Å². The van der Waals surface area contributed by atoms with E-state index in [-0.39, 0.29) is 0 Å². The maximum Gasteiger partial charge on any atom is 0.422 e. The minimum Gasteiger partial charge on any atom is -0.453 e. The summed E-state index contributed by atoms with van der Waals surface area (Å²) in [6, 6.07) is 0. The van der Waals surface area contributed by atoms with E-state index < -0.39 is 43.3 Å². The van der Waals surface area contributed by atoms with Gasteiger partial charge in [-0.15, -0.1) is 0 Å². The molecular formula is C8H8F6O2. The molecule has 16 heavy (non-hydrogen) atoms. The topological polar surface area (TPSA) is 26.3 Å². The standard InChI is InChI=1S/C8H8F6O2/c1-5(2-3-7(9,10)11)6(15)16-4-8(12,13)14/h1-4H2. The van der Waals surface area contributed by atoms with Crippen LogP contribution >= 0.6 is 0 Å². The molecular weight excluding hydrogens is 242 g/mol. The van der Waals surface area contributed by atoms with Crippen LogP contribution in [0.1, 0.15) is 12.8 Å². The number of halogens is 6. The highest BCUT2D eigenvalue weighted by Gasteiger charge is 2.31. The Hall–Kier alpha value is -1.21. The number of alkyl halides is 6. The summed E-state index contributed by atoms with van der Waals surface area (Å²) >= 11 is 0. The van der Waals surface area contributed by atoms with Crippen molar-refractivity contribution < 1.29 is 35.9 Å². The molecule has 0 spiro atoms. The van der Waals surface area contributed by atoms with E-state index in [4.69, 9.17) is 0 Å². The summed E-state index contributed by atoms with van der Waals surface area (Å²) in [6.07, 6.45) is -11.3. The van der Waals surface area contributed by atoms with E-state index in [0.717, 1.165) is 0 Å². The van der Waals surface area contributed by atoms with Crippen LogP contribution in [0.4, 0.5) is 26.3 Å². The van der Waals surface area contributed by atoms with Gasteiger partial charge in [0.1, 0.15) is 0 Å². The lowest BCUT2D eigenvalue weighted by Crippen LogP contribution is -2.21. The molecule has 0 unspecified atom stereocenters. The summed E-state index contributed by atoms with van der Waals surface area (Å²) in [7, 11) is 0. The van der Waals surface area contributed by atoms with Gasteiger partial charge in [-0.1, -0.05) is 6.58 Å². The number of hydrogen-bond acceptors (Lipinski definition) is 2. The second-order valence-electron chi connectivity index (χ2n) is 2.91. The molecule has 0 aromatic carbocycles. The zero-order valence-electron chi connectivity index (χ0n) is 7.91. The van der Waals surface area contributed by atoms with Crippen molar-refractivity contribution in [3.8, 4) is 0 Å². The summed E-state index contributed by atoms with van der Waals surface area (Å²) in [5, 5.41) is 0. The lowest BCUT2D eigenvalue weighted by atomic mass is 10.1. The van der Waals surface area contributed by atoms with E-state index in [1.165, 1.54) is 0 Å². The molecule has 0 aromatic rings. The van der Waals surface area contributed by atoms with Crippen molar-refractivity contribution in [2.75, 3.05) is 6.61 Å². The number of esters is 1. The molecule has 94 valence electrons. The first-order valence-corrected chi connectivity index (χ1v) is 4.00. The van der Waals surface area contributed by atoms with Crippen LogP contribution in [0.2, 0.25) is 0 Å². The molecule has 0 aliphatic heterocycles. The molecule has 0 aliphatic carbocycles. The van der Waals surface area contributed by atoms with Gasteiger partial charge in [-0.25, -0.2) is 4.79 Å². The van der Waals surface area contributed by atoms with E-state index in [1.54, 1.807) is 0 Å². The lowest BCUT2D eigenvalue weighted by Gasteiger charge is -2.10. The van der Waals surface area contributed by atoms with Crippen LogP contribution in [0.15, 0.2) is 12.2 Å². The number of carbonyl (C=O) groups excluding carboxylic acids is 1. The SMILES string of the molecule is C=C(CCC(F)(F)F)C(=O)OCC(F)(F)F.